The first-order chi connectivity index (χ1) is 16.6. The molecule has 0 radical (unpaired) electrons. The van der Waals surface area contributed by atoms with Gasteiger partial charge in [-0.2, -0.15) is 0 Å². The number of ether oxygens (including phenoxy) is 2. The largest absolute Gasteiger partial charge is 0.458 e. The van der Waals surface area contributed by atoms with Crippen LogP contribution in [0, 0.1) is 34.5 Å². The van der Waals surface area contributed by atoms with E-state index in [1.54, 1.807) is 0 Å². The van der Waals surface area contributed by atoms with Crippen LogP contribution in [0.4, 0.5) is 0 Å². The first kappa shape index (κ1) is 24.9. The molecule has 4 aliphatic carbocycles. The Kier molecular flexibility index (Phi) is 6.57. The number of allylic oxidation sites excluding steroid dienone is 1. The third-order valence-electron chi connectivity index (χ3n) is 10.3. The molecule has 35 heavy (non-hydrogen) atoms. The molecule has 0 amide bonds. The van der Waals surface area contributed by atoms with Crippen LogP contribution in [0.1, 0.15) is 90.7 Å². The maximum absolute atomic E-state index is 13.4. The van der Waals surface area contributed by atoms with Crippen LogP contribution in [0.3, 0.4) is 0 Å². The van der Waals surface area contributed by atoms with Gasteiger partial charge >= 0.3 is 11.9 Å². The summed E-state index contributed by atoms with van der Waals surface area (Å²) in [4.78, 5) is 24.9. The van der Waals surface area contributed by atoms with Gasteiger partial charge in [0.25, 0.3) is 0 Å². The van der Waals surface area contributed by atoms with Crippen LogP contribution in [0.25, 0.3) is 0 Å². The highest BCUT2D eigenvalue weighted by atomic mass is 35.5. The first-order valence-electron chi connectivity index (χ1n) is 13.5. The molecule has 0 saturated heterocycles. The second-order valence-electron chi connectivity index (χ2n) is 12.0. The molecular formula is C30H39ClO4. The van der Waals surface area contributed by atoms with E-state index in [1.165, 1.54) is 25.3 Å². The lowest BCUT2D eigenvalue weighted by atomic mass is 9.47. The van der Waals surface area contributed by atoms with Crippen molar-refractivity contribution in [3.8, 4) is 0 Å². The molecule has 0 bridgehead atoms. The predicted molar refractivity (Wildman–Crippen MR) is 137 cm³/mol. The van der Waals surface area contributed by atoms with Gasteiger partial charge in [-0.25, -0.2) is 0 Å². The van der Waals surface area contributed by atoms with E-state index in [0.717, 1.165) is 44.1 Å². The highest BCUT2D eigenvalue weighted by Gasteiger charge is 2.60. The number of halogens is 1. The lowest BCUT2D eigenvalue weighted by Crippen LogP contribution is -2.51. The van der Waals surface area contributed by atoms with E-state index >= 15 is 0 Å². The fourth-order valence-corrected chi connectivity index (χ4v) is 8.57. The predicted octanol–water partition coefficient (Wildman–Crippen LogP) is 7.45. The Hall–Kier alpha value is -1.81. The van der Waals surface area contributed by atoms with Crippen molar-refractivity contribution in [2.45, 2.75) is 91.3 Å². The minimum Gasteiger partial charge on any atom is -0.458 e. The summed E-state index contributed by atoms with van der Waals surface area (Å²) in [7, 11) is 0. The summed E-state index contributed by atoms with van der Waals surface area (Å²) in [6.07, 6.45) is 10.5. The van der Waals surface area contributed by atoms with Crippen molar-refractivity contribution in [2.24, 2.45) is 34.5 Å². The maximum atomic E-state index is 13.4. The molecule has 5 rings (SSSR count). The molecule has 4 aliphatic rings. The van der Waals surface area contributed by atoms with E-state index < -0.39 is 0 Å². The molecule has 3 fully saturated rings. The first-order valence-corrected chi connectivity index (χ1v) is 13.8. The topological polar surface area (TPSA) is 52.6 Å². The van der Waals surface area contributed by atoms with Crippen LogP contribution < -0.4 is 0 Å². The molecule has 1 aromatic rings. The van der Waals surface area contributed by atoms with Gasteiger partial charge in [-0.1, -0.05) is 43.2 Å². The molecular weight excluding hydrogens is 460 g/mol. The van der Waals surface area contributed by atoms with Gasteiger partial charge in [-0.3, -0.25) is 9.59 Å². The Morgan fingerprint density at radius 2 is 1.74 bits per heavy atom. The van der Waals surface area contributed by atoms with Crippen LogP contribution in [-0.2, 0) is 19.1 Å². The van der Waals surface area contributed by atoms with Gasteiger partial charge in [-0.05, 0) is 111 Å². The lowest BCUT2D eigenvalue weighted by molar-refractivity contribution is -0.161. The molecule has 0 aliphatic heterocycles. The van der Waals surface area contributed by atoms with Gasteiger partial charge in [0, 0.05) is 11.9 Å². The summed E-state index contributed by atoms with van der Waals surface area (Å²) in [6.45, 7) is 8.28. The second-order valence-corrected chi connectivity index (χ2v) is 12.5. The van der Waals surface area contributed by atoms with Crippen molar-refractivity contribution in [2.75, 3.05) is 0 Å². The SMILES string of the molecule is CC(=O)O[C@@H]1C=C2CC[C@H]3[C@@H]4CC[C@H](C(=O)O[C@@H](C)c5ccc(Cl)cc5)[C@@]4(C)CC[C@@H]3[C@@]2(C)CC1. The summed E-state index contributed by atoms with van der Waals surface area (Å²) >= 11 is 6.02. The van der Waals surface area contributed by atoms with Crippen molar-refractivity contribution in [1.82, 2.24) is 0 Å². The third kappa shape index (κ3) is 4.34. The highest BCUT2D eigenvalue weighted by Crippen LogP contribution is 2.67. The summed E-state index contributed by atoms with van der Waals surface area (Å²) < 4.78 is 11.6. The standard InChI is InChI=1S/C30H39ClO4/c1-18(20-5-8-22(31)9-6-20)34-28(33)27-12-11-25-24-10-7-21-17-23(35-19(2)32)13-15-29(21,3)26(24)14-16-30(25,27)4/h5-6,8-9,17-18,23-27H,7,10-16H2,1-4H3/t18-,23-,24-,25-,26-,27+,29-,30-/m0/s1. The molecule has 0 heterocycles. The summed E-state index contributed by atoms with van der Waals surface area (Å²) in [5.74, 6) is 1.66. The second kappa shape index (κ2) is 9.25. The Morgan fingerprint density at radius 3 is 2.46 bits per heavy atom. The molecule has 190 valence electrons. The fourth-order valence-electron chi connectivity index (χ4n) is 8.45. The Labute approximate surface area is 214 Å². The highest BCUT2D eigenvalue weighted by molar-refractivity contribution is 6.30. The van der Waals surface area contributed by atoms with Gasteiger partial charge in [-0.15, -0.1) is 0 Å². The summed E-state index contributed by atoms with van der Waals surface area (Å²) in [5, 5.41) is 0.689. The molecule has 0 spiro atoms. The molecule has 8 atom stereocenters. The molecule has 3 saturated carbocycles. The average Bonchev–Trinajstić information content (AvgIpc) is 3.16. The Bertz CT molecular complexity index is 1020. The van der Waals surface area contributed by atoms with Crippen molar-refractivity contribution >= 4 is 23.5 Å². The van der Waals surface area contributed by atoms with E-state index in [-0.39, 0.29) is 40.9 Å². The smallest absolute Gasteiger partial charge is 0.310 e. The Balaban J connectivity index is 1.30. The third-order valence-corrected chi connectivity index (χ3v) is 10.6. The van der Waals surface area contributed by atoms with Gasteiger partial charge < -0.3 is 9.47 Å². The van der Waals surface area contributed by atoms with E-state index in [4.69, 9.17) is 21.1 Å². The zero-order chi connectivity index (χ0) is 25.0. The van der Waals surface area contributed by atoms with Crippen LogP contribution in [0.15, 0.2) is 35.9 Å². The van der Waals surface area contributed by atoms with Gasteiger partial charge in [0.05, 0.1) is 5.92 Å². The zero-order valence-corrected chi connectivity index (χ0v) is 22.3. The number of carbonyl (C=O) groups is 2. The number of rotatable bonds is 4. The molecule has 0 unspecified atom stereocenters. The maximum Gasteiger partial charge on any atom is 0.310 e. The normalized spacial score (nSPS) is 38.9. The summed E-state index contributed by atoms with van der Waals surface area (Å²) in [5.41, 5.74) is 2.70. The molecule has 0 N–H and O–H groups in total. The van der Waals surface area contributed by atoms with Crippen LogP contribution in [0.2, 0.25) is 5.02 Å². The van der Waals surface area contributed by atoms with E-state index in [9.17, 15) is 9.59 Å². The van der Waals surface area contributed by atoms with Gasteiger partial charge in [0.15, 0.2) is 0 Å². The van der Waals surface area contributed by atoms with Crippen LogP contribution in [-0.4, -0.2) is 18.0 Å². The van der Waals surface area contributed by atoms with Crippen LogP contribution in [0.5, 0.6) is 0 Å². The van der Waals surface area contributed by atoms with Gasteiger partial charge in [0.1, 0.15) is 12.2 Å². The van der Waals surface area contributed by atoms with E-state index in [0.29, 0.717) is 22.8 Å². The number of benzene rings is 1. The minimum absolute atomic E-state index is 0.0183. The monoisotopic (exact) mass is 498 g/mol. The molecule has 0 aromatic heterocycles. The van der Waals surface area contributed by atoms with E-state index in [2.05, 4.69) is 19.9 Å². The molecule has 4 nitrogen and oxygen atoms in total. The number of hydrogen-bond acceptors (Lipinski definition) is 4. The number of hydrogen-bond donors (Lipinski definition) is 0. The zero-order valence-electron chi connectivity index (χ0n) is 21.5. The fraction of sp³-hybridized carbons (Fsp3) is 0.667. The van der Waals surface area contributed by atoms with Gasteiger partial charge in [0.2, 0.25) is 0 Å². The number of carbonyl (C=O) groups excluding carboxylic acids is 2. The lowest BCUT2D eigenvalue weighted by Gasteiger charge is -2.58. The van der Waals surface area contributed by atoms with Crippen molar-refractivity contribution in [3.63, 3.8) is 0 Å². The average molecular weight is 499 g/mol. The summed E-state index contributed by atoms with van der Waals surface area (Å²) in [6, 6.07) is 7.58. The molecule has 1 aromatic carbocycles. The quantitative estimate of drug-likeness (QED) is 0.319. The number of fused-ring (bicyclic) bond motifs is 5. The van der Waals surface area contributed by atoms with Crippen molar-refractivity contribution in [1.29, 1.82) is 0 Å². The van der Waals surface area contributed by atoms with Crippen molar-refractivity contribution in [3.05, 3.63) is 46.5 Å². The van der Waals surface area contributed by atoms with E-state index in [1.807, 2.05) is 31.2 Å². The minimum atomic E-state index is -0.271. The number of esters is 2. The van der Waals surface area contributed by atoms with Crippen molar-refractivity contribution < 1.29 is 19.1 Å². The Morgan fingerprint density at radius 1 is 1.00 bits per heavy atom. The molecule has 5 heteroatoms. The van der Waals surface area contributed by atoms with Crippen LogP contribution >= 0.6 is 11.6 Å².